The number of nitrogens with zero attached hydrogens (tertiary/aromatic N) is 4. The summed E-state index contributed by atoms with van der Waals surface area (Å²) in [5.74, 6) is -1.50. The van der Waals surface area contributed by atoms with Crippen LogP contribution >= 0.6 is 0 Å². The van der Waals surface area contributed by atoms with E-state index in [2.05, 4.69) is 5.10 Å². The Kier molecular flexibility index (Phi) is 4.17. The third kappa shape index (κ3) is 3.54. The van der Waals surface area contributed by atoms with Gasteiger partial charge in [-0.15, -0.1) is 0 Å². The Morgan fingerprint density at radius 1 is 1.57 bits per heavy atom. The van der Waals surface area contributed by atoms with Crippen molar-refractivity contribution in [2.75, 3.05) is 13.1 Å². The van der Waals surface area contributed by atoms with Crippen LogP contribution in [0.3, 0.4) is 0 Å². The highest BCUT2D eigenvalue weighted by Crippen LogP contribution is 2.13. The van der Waals surface area contributed by atoms with Crippen molar-refractivity contribution in [3.8, 4) is 0 Å². The summed E-state index contributed by atoms with van der Waals surface area (Å²) in [4.78, 5) is 34.3. The molecule has 0 aromatic carbocycles. The molecule has 2 heterocycles. The van der Waals surface area contributed by atoms with Crippen molar-refractivity contribution in [1.29, 1.82) is 0 Å². The van der Waals surface area contributed by atoms with E-state index in [0.29, 0.717) is 0 Å². The first-order chi connectivity index (χ1) is 9.86. The average molecular weight is 298 g/mol. The zero-order valence-electron chi connectivity index (χ0n) is 11.2. The molecule has 1 aromatic rings. The van der Waals surface area contributed by atoms with Crippen molar-refractivity contribution in [3.05, 3.63) is 22.5 Å². The van der Waals surface area contributed by atoms with E-state index in [4.69, 9.17) is 9.84 Å². The largest absolute Gasteiger partial charge is 0.479 e. The van der Waals surface area contributed by atoms with E-state index in [1.54, 1.807) is 6.92 Å². The zero-order valence-corrected chi connectivity index (χ0v) is 11.2. The van der Waals surface area contributed by atoms with Crippen LogP contribution in [0.5, 0.6) is 0 Å². The molecule has 0 radical (unpaired) electrons. The maximum Gasteiger partial charge on any atom is 0.334 e. The summed E-state index contributed by atoms with van der Waals surface area (Å²) in [5, 5.41) is 23.2. The number of hydrogen-bond acceptors (Lipinski definition) is 6. The van der Waals surface area contributed by atoms with Gasteiger partial charge in [0.1, 0.15) is 18.9 Å². The molecule has 2 atom stereocenters. The topological polar surface area (TPSA) is 128 Å². The van der Waals surface area contributed by atoms with E-state index in [0.717, 1.165) is 17.1 Å². The lowest BCUT2D eigenvalue weighted by Crippen LogP contribution is -2.52. The molecule has 1 unspecified atom stereocenters. The Hall–Kier alpha value is -2.49. The monoisotopic (exact) mass is 298 g/mol. The third-order valence-corrected chi connectivity index (χ3v) is 3.02. The van der Waals surface area contributed by atoms with E-state index in [1.165, 1.54) is 4.90 Å². The number of aliphatic carboxylic acids is 1. The zero-order chi connectivity index (χ0) is 15.6. The third-order valence-electron chi connectivity index (χ3n) is 3.02. The van der Waals surface area contributed by atoms with Gasteiger partial charge in [0.25, 0.3) is 0 Å². The van der Waals surface area contributed by atoms with Crippen LogP contribution in [-0.4, -0.2) is 61.9 Å². The molecule has 21 heavy (non-hydrogen) atoms. The van der Waals surface area contributed by atoms with Gasteiger partial charge >= 0.3 is 11.7 Å². The highest BCUT2D eigenvalue weighted by molar-refractivity contribution is 5.78. The number of carboxylic acids is 1. The molecule has 1 saturated heterocycles. The molecule has 0 aliphatic carbocycles. The van der Waals surface area contributed by atoms with Crippen molar-refractivity contribution in [2.45, 2.75) is 25.7 Å². The average Bonchev–Trinajstić information content (AvgIpc) is 2.86. The van der Waals surface area contributed by atoms with Crippen molar-refractivity contribution in [2.24, 2.45) is 0 Å². The van der Waals surface area contributed by atoms with Gasteiger partial charge in [0, 0.05) is 6.54 Å². The van der Waals surface area contributed by atoms with Crippen LogP contribution in [0.2, 0.25) is 0 Å². The summed E-state index contributed by atoms with van der Waals surface area (Å²) < 4.78 is 6.36. The number of amides is 1. The minimum absolute atomic E-state index is 0.0537. The van der Waals surface area contributed by atoms with Gasteiger partial charge in [-0.05, 0) is 6.92 Å². The van der Waals surface area contributed by atoms with Gasteiger partial charge in [0.2, 0.25) is 5.91 Å². The van der Waals surface area contributed by atoms with Crippen molar-refractivity contribution >= 4 is 17.6 Å². The summed E-state index contributed by atoms with van der Waals surface area (Å²) in [6.45, 7) is 1.70. The summed E-state index contributed by atoms with van der Waals surface area (Å²) in [6, 6.07) is 0. The quantitative estimate of drug-likeness (QED) is 0.585. The number of morpholine rings is 1. The van der Waals surface area contributed by atoms with E-state index >= 15 is 0 Å². The lowest BCUT2D eigenvalue weighted by molar-refractivity contribution is -0.385. The number of carbonyl (C=O) groups excluding carboxylic acids is 1. The Morgan fingerprint density at radius 3 is 2.86 bits per heavy atom. The van der Waals surface area contributed by atoms with Crippen LogP contribution < -0.4 is 0 Å². The van der Waals surface area contributed by atoms with E-state index in [-0.39, 0.29) is 31.2 Å². The number of aromatic nitrogens is 2. The summed E-state index contributed by atoms with van der Waals surface area (Å²) >= 11 is 0. The van der Waals surface area contributed by atoms with Crippen LogP contribution in [-0.2, 0) is 20.9 Å². The van der Waals surface area contributed by atoms with Gasteiger partial charge in [0.05, 0.1) is 17.6 Å². The molecule has 114 valence electrons. The fraction of sp³-hybridized carbons (Fsp3) is 0.545. The number of carboxylic acid groups (broad SMARTS) is 1. The summed E-state index contributed by atoms with van der Waals surface area (Å²) in [5.41, 5.74) is -0.207. The fourth-order valence-electron chi connectivity index (χ4n) is 2.06. The van der Waals surface area contributed by atoms with Crippen LogP contribution in [0.25, 0.3) is 0 Å². The van der Waals surface area contributed by atoms with Crippen molar-refractivity contribution < 1.29 is 24.4 Å². The van der Waals surface area contributed by atoms with E-state index < -0.39 is 23.1 Å². The lowest BCUT2D eigenvalue weighted by atomic mass is 10.2. The van der Waals surface area contributed by atoms with Crippen LogP contribution in [0.4, 0.5) is 5.69 Å². The maximum absolute atomic E-state index is 12.1. The molecule has 1 aliphatic rings. The van der Waals surface area contributed by atoms with Crippen molar-refractivity contribution in [3.63, 3.8) is 0 Å². The smallest absolute Gasteiger partial charge is 0.334 e. The Balaban J connectivity index is 2.01. The number of carbonyl (C=O) groups is 2. The molecule has 0 saturated carbocycles. The molecule has 1 N–H and O–H groups in total. The molecule has 10 heteroatoms. The molecule has 1 amide bonds. The summed E-state index contributed by atoms with van der Waals surface area (Å²) in [6.07, 6.45) is 0.742. The van der Waals surface area contributed by atoms with Gasteiger partial charge in [-0.2, -0.15) is 5.10 Å². The Labute approximate surface area is 119 Å². The summed E-state index contributed by atoms with van der Waals surface area (Å²) in [7, 11) is 0. The molecule has 1 aliphatic heterocycles. The molecular formula is C11H14N4O6. The Bertz CT molecular complexity index is 571. The van der Waals surface area contributed by atoms with Crippen LogP contribution in [0, 0.1) is 10.1 Å². The number of rotatable bonds is 4. The van der Waals surface area contributed by atoms with E-state index in [1.807, 2.05) is 0 Å². The number of ether oxygens (including phenoxy) is 1. The first-order valence-electron chi connectivity index (χ1n) is 6.19. The molecule has 10 nitrogen and oxygen atoms in total. The normalized spacial score (nSPS) is 22.0. The standard InChI is InChI=1S/C11H14N4O6/c1-7-3-13(5-9(21-7)11(17)18)10(16)6-14-4-8(2-12-14)15(19)20/h2,4,7,9H,3,5-6H2,1H3,(H,17,18)/t7-,9?/m1/s1. The van der Waals surface area contributed by atoms with Gasteiger partial charge < -0.3 is 14.7 Å². The molecule has 0 bridgehead atoms. The SMILES string of the molecule is C[C@@H]1CN(C(=O)Cn2cc([N+](=O)[O-])cn2)CC(C(=O)O)O1. The minimum Gasteiger partial charge on any atom is -0.479 e. The molecule has 1 aromatic heterocycles. The fourth-order valence-corrected chi connectivity index (χ4v) is 2.06. The number of nitro groups is 1. The van der Waals surface area contributed by atoms with Crippen LogP contribution in [0.1, 0.15) is 6.92 Å². The van der Waals surface area contributed by atoms with Crippen molar-refractivity contribution in [1.82, 2.24) is 14.7 Å². The number of hydrogen-bond donors (Lipinski definition) is 1. The van der Waals surface area contributed by atoms with E-state index in [9.17, 15) is 19.7 Å². The predicted octanol–water partition coefficient (Wildman–Crippen LogP) is -0.508. The second kappa shape index (κ2) is 5.87. The second-order valence-corrected chi connectivity index (χ2v) is 4.73. The highest BCUT2D eigenvalue weighted by Gasteiger charge is 2.32. The maximum atomic E-state index is 12.1. The highest BCUT2D eigenvalue weighted by atomic mass is 16.6. The van der Waals surface area contributed by atoms with Gasteiger partial charge in [-0.3, -0.25) is 19.6 Å². The van der Waals surface area contributed by atoms with Gasteiger partial charge in [0.15, 0.2) is 6.10 Å². The first kappa shape index (κ1) is 14.9. The van der Waals surface area contributed by atoms with Gasteiger partial charge in [-0.1, -0.05) is 0 Å². The lowest BCUT2D eigenvalue weighted by Gasteiger charge is -2.34. The molecule has 0 spiro atoms. The molecule has 1 fully saturated rings. The predicted molar refractivity (Wildman–Crippen MR) is 67.4 cm³/mol. The van der Waals surface area contributed by atoms with Gasteiger partial charge in [-0.25, -0.2) is 4.79 Å². The molecule has 2 rings (SSSR count). The Morgan fingerprint density at radius 2 is 2.29 bits per heavy atom. The minimum atomic E-state index is -1.13. The first-order valence-corrected chi connectivity index (χ1v) is 6.19. The second-order valence-electron chi connectivity index (χ2n) is 4.73. The van der Waals surface area contributed by atoms with Crippen LogP contribution in [0.15, 0.2) is 12.4 Å². The molecular weight excluding hydrogens is 284 g/mol.